The van der Waals surface area contributed by atoms with E-state index in [0.29, 0.717) is 0 Å². The van der Waals surface area contributed by atoms with E-state index in [0.717, 1.165) is 0 Å². The maximum Gasteiger partial charge on any atom is 0.321 e. The minimum Gasteiger partial charge on any atom is -0.481 e. The van der Waals surface area contributed by atoms with Gasteiger partial charge in [0.15, 0.2) is 0 Å². The fourth-order valence-corrected chi connectivity index (χ4v) is 1.24. The number of carboxylic acid groups (broad SMARTS) is 6. The number of aliphatic carboxylic acids is 6. The van der Waals surface area contributed by atoms with E-state index in [1.807, 2.05) is 5.32 Å². The van der Waals surface area contributed by atoms with Gasteiger partial charge in [-0.3, -0.25) is 34.1 Å². The van der Waals surface area contributed by atoms with Crippen LogP contribution in [0.5, 0.6) is 0 Å². The zero-order valence-electron chi connectivity index (χ0n) is 12.6. The van der Waals surface area contributed by atoms with Crippen molar-refractivity contribution >= 4 is 35.8 Å². The van der Waals surface area contributed by atoms with Crippen LogP contribution in [0.25, 0.3) is 0 Å². The molecule has 0 saturated heterocycles. The molecule has 13 nitrogen and oxygen atoms in total. The van der Waals surface area contributed by atoms with Crippen LogP contribution in [-0.2, 0) is 28.8 Å². The summed E-state index contributed by atoms with van der Waals surface area (Å²) < 4.78 is 0. The molecule has 25 heavy (non-hydrogen) atoms. The Morgan fingerprint density at radius 3 is 1.00 bits per heavy atom. The standard InChI is InChI=1S/C8H11NO8.C4H6O4/c10-5(11)1-3(7(14)15)9-4(8(16)17)2-6(12)13;5-3(6)1-2-4(7)8/h3-4,9H,1-2H2,(H,10,11)(H,12,13)(H,14,15)(H,16,17);1-2H2,(H,5,6)(H,7,8). The molecule has 0 aromatic heterocycles. The molecule has 0 aromatic carbocycles. The van der Waals surface area contributed by atoms with Crippen molar-refractivity contribution in [1.29, 1.82) is 0 Å². The Morgan fingerprint density at radius 1 is 0.560 bits per heavy atom. The van der Waals surface area contributed by atoms with Crippen LogP contribution in [0.1, 0.15) is 25.7 Å². The molecule has 0 amide bonds. The molecule has 13 heteroatoms. The summed E-state index contributed by atoms with van der Waals surface area (Å²) in [6.45, 7) is 0. The highest BCUT2D eigenvalue weighted by atomic mass is 16.4. The van der Waals surface area contributed by atoms with Crippen LogP contribution in [0.3, 0.4) is 0 Å². The van der Waals surface area contributed by atoms with Gasteiger partial charge in [0.1, 0.15) is 12.1 Å². The summed E-state index contributed by atoms with van der Waals surface area (Å²) in [6.07, 6.45) is -2.29. The molecule has 2 atom stereocenters. The van der Waals surface area contributed by atoms with Gasteiger partial charge in [-0.25, -0.2) is 0 Å². The Bertz CT molecular complexity index is 482. The third-order valence-corrected chi connectivity index (χ3v) is 2.31. The minimum atomic E-state index is -1.66. The Kier molecular flexibility index (Phi) is 11.8. The fourth-order valence-electron chi connectivity index (χ4n) is 1.24. The highest BCUT2D eigenvalue weighted by Gasteiger charge is 2.29. The highest BCUT2D eigenvalue weighted by molar-refractivity contribution is 5.84. The number of nitrogens with one attached hydrogen (secondary N) is 1. The largest absolute Gasteiger partial charge is 0.481 e. The van der Waals surface area contributed by atoms with Crippen LogP contribution in [0.2, 0.25) is 0 Å². The van der Waals surface area contributed by atoms with Crippen molar-refractivity contribution in [2.45, 2.75) is 37.8 Å². The number of rotatable bonds is 11. The van der Waals surface area contributed by atoms with Crippen molar-refractivity contribution < 1.29 is 59.4 Å². The molecular weight excluding hydrogens is 350 g/mol. The lowest BCUT2D eigenvalue weighted by atomic mass is 10.1. The smallest absolute Gasteiger partial charge is 0.321 e. The van der Waals surface area contributed by atoms with Gasteiger partial charge in [0, 0.05) is 0 Å². The summed E-state index contributed by atoms with van der Waals surface area (Å²) in [5.41, 5.74) is 0. The molecule has 0 saturated carbocycles. The van der Waals surface area contributed by atoms with Gasteiger partial charge < -0.3 is 30.6 Å². The molecule has 2 unspecified atom stereocenters. The van der Waals surface area contributed by atoms with Crippen molar-refractivity contribution in [3.05, 3.63) is 0 Å². The van der Waals surface area contributed by atoms with E-state index in [-0.39, 0.29) is 12.8 Å². The van der Waals surface area contributed by atoms with Gasteiger partial charge in [-0.2, -0.15) is 0 Å². The van der Waals surface area contributed by atoms with E-state index in [1.54, 1.807) is 0 Å². The van der Waals surface area contributed by atoms with Crippen molar-refractivity contribution in [1.82, 2.24) is 5.32 Å². The van der Waals surface area contributed by atoms with Crippen molar-refractivity contribution in [3.63, 3.8) is 0 Å². The zero-order valence-corrected chi connectivity index (χ0v) is 12.6. The first-order valence-electron chi connectivity index (χ1n) is 6.45. The fraction of sp³-hybridized carbons (Fsp3) is 0.500. The molecule has 0 radical (unpaired) electrons. The summed E-state index contributed by atoms with van der Waals surface area (Å²) in [5, 5.41) is 51.8. The van der Waals surface area contributed by atoms with E-state index in [2.05, 4.69) is 0 Å². The molecule has 7 N–H and O–H groups in total. The van der Waals surface area contributed by atoms with Gasteiger partial charge in [0.05, 0.1) is 25.7 Å². The monoisotopic (exact) mass is 367 g/mol. The highest BCUT2D eigenvalue weighted by Crippen LogP contribution is 2.00. The van der Waals surface area contributed by atoms with Gasteiger partial charge >= 0.3 is 35.8 Å². The zero-order chi connectivity index (χ0) is 20.2. The molecule has 0 aliphatic heterocycles. The third kappa shape index (κ3) is 15.4. The van der Waals surface area contributed by atoms with E-state index in [4.69, 9.17) is 30.6 Å². The van der Waals surface area contributed by atoms with Gasteiger partial charge in [0.25, 0.3) is 0 Å². The van der Waals surface area contributed by atoms with Crippen LogP contribution in [0.4, 0.5) is 0 Å². The predicted molar refractivity (Wildman–Crippen MR) is 75.0 cm³/mol. The maximum absolute atomic E-state index is 10.6. The normalized spacial score (nSPS) is 12.0. The van der Waals surface area contributed by atoms with Crippen molar-refractivity contribution in [2.75, 3.05) is 0 Å². The summed E-state index contributed by atoms with van der Waals surface area (Å²) >= 11 is 0. The van der Waals surface area contributed by atoms with E-state index in [1.165, 1.54) is 0 Å². The van der Waals surface area contributed by atoms with Gasteiger partial charge in [-0.1, -0.05) is 0 Å². The lowest BCUT2D eigenvalue weighted by molar-refractivity contribution is -0.150. The second-order valence-electron chi connectivity index (χ2n) is 4.43. The first-order valence-corrected chi connectivity index (χ1v) is 6.45. The Balaban J connectivity index is 0. The maximum atomic E-state index is 10.6. The second kappa shape index (κ2) is 12.2. The molecule has 0 spiro atoms. The van der Waals surface area contributed by atoms with Crippen LogP contribution in [-0.4, -0.2) is 78.5 Å². The van der Waals surface area contributed by atoms with E-state index >= 15 is 0 Å². The van der Waals surface area contributed by atoms with E-state index in [9.17, 15) is 28.8 Å². The molecule has 0 rings (SSSR count). The average Bonchev–Trinajstić information content (AvgIpc) is 2.43. The first-order chi connectivity index (χ1) is 11.4. The van der Waals surface area contributed by atoms with Crippen LogP contribution >= 0.6 is 0 Å². The topological polar surface area (TPSA) is 236 Å². The molecule has 0 aliphatic rings. The molecular formula is C12H17NO12. The summed E-state index contributed by atoms with van der Waals surface area (Å²) in [6, 6.07) is -3.32. The first kappa shape index (κ1) is 24.0. The number of hydrogen-bond acceptors (Lipinski definition) is 7. The Hall–Kier alpha value is -3.22. The van der Waals surface area contributed by atoms with Gasteiger partial charge in [0.2, 0.25) is 0 Å². The molecule has 0 fully saturated rings. The molecule has 0 bridgehead atoms. The van der Waals surface area contributed by atoms with Crippen molar-refractivity contribution in [3.8, 4) is 0 Å². The summed E-state index contributed by atoms with van der Waals surface area (Å²) in [7, 11) is 0. The van der Waals surface area contributed by atoms with Gasteiger partial charge in [-0.05, 0) is 0 Å². The second-order valence-corrected chi connectivity index (χ2v) is 4.43. The summed E-state index contributed by atoms with van der Waals surface area (Å²) in [4.78, 5) is 61.1. The lowest BCUT2D eigenvalue weighted by Gasteiger charge is -2.17. The van der Waals surface area contributed by atoms with E-state index < -0.39 is 60.7 Å². The van der Waals surface area contributed by atoms with Gasteiger partial charge in [-0.15, -0.1) is 0 Å². The molecule has 142 valence electrons. The number of carbonyl (C=O) groups is 6. The van der Waals surface area contributed by atoms with Crippen LogP contribution < -0.4 is 5.32 Å². The predicted octanol–water partition coefficient (Wildman–Crippen LogP) is -1.63. The number of carboxylic acids is 6. The molecule has 0 aromatic rings. The van der Waals surface area contributed by atoms with Crippen LogP contribution in [0, 0.1) is 0 Å². The summed E-state index contributed by atoms with van der Waals surface area (Å²) in [5.74, 6) is -8.17. The molecule has 0 heterocycles. The Morgan fingerprint density at radius 2 is 0.840 bits per heavy atom. The SMILES string of the molecule is O=C(O)CC(NC(CC(=O)O)C(=O)O)C(=O)O.O=C(O)CCC(=O)O. The Labute approximate surface area is 139 Å². The van der Waals surface area contributed by atoms with Crippen molar-refractivity contribution in [2.24, 2.45) is 0 Å². The number of hydrogen-bond donors (Lipinski definition) is 7. The lowest BCUT2D eigenvalue weighted by Crippen LogP contribution is -2.48. The minimum absolute atomic E-state index is 0.296. The third-order valence-electron chi connectivity index (χ3n) is 2.31. The quantitative estimate of drug-likeness (QED) is 0.217. The van der Waals surface area contributed by atoms with Crippen LogP contribution in [0.15, 0.2) is 0 Å². The molecule has 0 aliphatic carbocycles. The average molecular weight is 367 g/mol.